The van der Waals surface area contributed by atoms with Crippen LogP contribution in [0.1, 0.15) is 21.6 Å². The Balaban J connectivity index is 2.47. The fraction of sp³-hybridized carbons (Fsp3) is 0.143. The zero-order valence-electron chi connectivity index (χ0n) is 10.5. The van der Waals surface area contributed by atoms with Crippen LogP contribution < -0.4 is 5.56 Å². The molecule has 1 aromatic carbocycles. The number of allylic oxidation sites excluding steroid dienone is 1. The second kappa shape index (κ2) is 4.97. The molecule has 0 saturated carbocycles. The maximum absolute atomic E-state index is 12.2. The van der Waals surface area contributed by atoms with Gasteiger partial charge in [0, 0.05) is 11.3 Å². The third kappa shape index (κ3) is 2.35. The number of carboxylic acids is 1. The maximum atomic E-state index is 12.2. The lowest BCUT2D eigenvalue weighted by Crippen LogP contribution is -2.17. The van der Waals surface area contributed by atoms with Gasteiger partial charge in [0.2, 0.25) is 0 Å². The van der Waals surface area contributed by atoms with Crippen LogP contribution in [0.25, 0.3) is 5.69 Å². The minimum atomic E-state index is -0.992. The SMILES string of the molecule is C=CCc1c(C)[nH]n(-c2ccc(C(=O)O)cc2)c1=O. The Kier molecular flexibility index (Phi) is 3.37. The maximum Gasteiger partial charge on any atom is 0.335 e. The molecule has 0 unspecified atom stereocenters. The molecule has 0 atom stereocenters. The number of aryl methyl sites for hydroxylation is 1. The predicted octanol–water partition coefficient (Wildman–Crippen LogP) is 1.90. The van der Waals surface area contributed by atoms with E-state index in [9.17, 15) is 9.59 Å². The van der Waals surface area contributed by atoms with Crippen molar-refractivity contribution >= 4 is 5.97 Å². The van der Waals surface area contributed by atoms with Crippen molar-refractivity contribution in [2.45, 2.75) is 13.3 Å². The lowest BCUT2D eigenvalue weighted by Gasteiger charge is -2.01. The molecule has 0 fully saturated rings. The van der Waals surface area contributed by atoms with Gasteiger partial charge in [-0.3, -0.25) is 9.89 Å². The number of H-pyrrole nitrogens is 1. The van der Waals surface area contributed by atoms with Crippen LogP contribution in [-0.2, 0) is 6.42 Å². The summed E-state index contributed by atoms with van der Waals surface area (Å²) < 4.78 is 1.40. The van der Waals surface area contributed by atoms with E-state index in [0.29, 0.717) is 17.7 Å². The molecule has 1 aromatic heterocycles. The molecule has 2 N–H and O–H groups in total. The number of nitrogens with one attached hydrogen (secondary N) is 1. The van der Waals surface area contributed by atoms with Crippen LogP contribution in [0.2, 0.25) is 0 Å². The van der Waals surface area contributed by atoms with Crippen LogP contribution in [-0.4, -0.2) is 20.9 Å². The van der Waals surface area contributed by atoms with Gasteiger partial charge in [-0.25, -0.2) is 9.48 Å². The van der Waals surface area contributed by atoms with Gasteiger partial charge in [0.15, 0.2) is 0 Å². The second-order valence-corrected chi connectivity index (χ2v) is 4.20. The van der Waals surface area contributed by atoms with Crippen LogP contribution in [0, 0.1) is 6.92 Å². The molecule has 2 rings (SSSR count). The molecule has 0 radical (unpaired) electrons. The molecule has 0 aliphatic carbocycles. The number of hydrogen-bond donors (Lipinski definition) is 2. The van der Waals surface area contributed by atoms with Gasteiger partial charge >= 0.3 is 5.97 Å². The Morgan fingerprint density at radius 1 is 1.42 bits per heavy atom. The molecule has 0 bridgehead atoms. The van der Waals surface area contributed by atoms with Crippen molar-refractivity contribution in [1.29, 1.82) is 0 Å². The van der Waals surface area contributed by atoms with Crippen molar-refractivity contribution < 1.29 is 9.90 Å². The number of aromatic nitrogens is 2. The molecule has 0 aliphatic rings. The molecule has 19 heavy (non-hydrogen) atoms. The molecule has 0 spiro atoms. The summed E-state index contributed by atoms with van der Waals surface area (Å²) in [5, 5.41) is 11.8. The van der Waals surface area contributed by atoms with Gasteiger partial charge in [-0.1, -0.05) is 6.08 Å². The van der Waals surface area contributed by atoms with Crippen LogP contribution in [0.3, 0.4) is 0 Å². The Morgan fingerprint density at radius 3 is 2.58 bits per heavy atom. The number of carboxylic acid groups (broad SMARTS) is 1. The minimum absolute atomic E-state index is 0.138. The second-order valence-electron chi connectivity index (χ2n) is 4.20. The lowest BCUT2D eigenvalue weighted by molar-refractivity contribution is 0.0697. The summed E-state index contributed by atoms with van der Waals surface area (Å²) >= 11 is 0. The summed E-state index contributed by atoms with van der Waals surface area (Å²) in [5.41, 5.74) is 2.10. The van der Waals surface area contributed by atoms with Crippen molar-refractivity contribution in [3.63, 3.8) is 0 Å². The monoisotopic (exact) mass is 258 g/mol. The van der Waals surface area contributed by atoms with Gasteiger partial charge in [0.1, 0.15) is 0 Å². The zero-order valence-corrected chi connectivity index (χ0v) is 10.5. The van der Waals surface area contributed by atoms with Gasteiger partial charge in [-0.15, -0.1) is 6.58 Å². The number of benzene rings is 1. The fourth-order valence-electron chi connectivity index (χ4n) is 1.90. The standard InChI is InChI=1S/C14H14N2O3/c1-3-4-12-9(2)15-16(13(12)17)11-7-5-10(6-8-11)14(18)19/h3,5-8,15H,1,4H2,2H3,(H,18,19). The predicted molar refractivity (Wildman–Crippen MR) is 72.0 cm³/mol. The van der Waals surface area contributed by atoms with Gasteiger partial charge in [0.05, 0.1) is 11.3 Å². The largest absolute Gasteiger partial charge is 0.478 e. The van der Waals surface area contributed by atoms with Crippen LogP contribution in [0.5, 0.6) is 0 Å². The number of aromatic amines is 1. The molecular formula is C14H14N2O3. The van der Waals surface area contributed by atoms with Crippen molar-refractivity contribution in [2.24, 2.45) is 0 Å². The third-order valence-electron chi connectivity index (χ3n) is 2.91. The lowest BCUT2D eigenvalue weighted by atomic mass is 10.2. The number of nitrogens with zero attached hydrogens (tertiary/aromatic N) is 1. The average molecular weight is 258 g/mol. The first kappa shape index (κ1) is 12.9. The minimum Gasteiger partial charge on any atom is -0.478 e. The first-order chi connectivity index (χ1) is 9.04. The number of aromatic carboxylic acids is 1. The van der Waals surface area contributed by atoms with E-state index >= 15 is 0 Å². The smallest absolute Gasteiger partial charge is 0.335 e. The zero-order chi connectivity index (χ0) is 14.0. The van der Waals surface area contributed by atoms with E-state index in [1.807, 2.05) is 6.92 Å². The van der Waals surface area contributed by atoms with E-state index in [1.165, 1.54) is 16.8 Å². The Labute approximate surface area is 109 Å². The van der Waals surface area contributed by atoms with Crippen molar-refractivity contribution in [3.05, 3.63) is 64.1 Å². The summed E-state index contributed by atoms with van der Waals surface area (Å²) in [6.07, 6.45) is 2.18. The van der Waals surface area contributed by atoms with Gasteiger partial charge < -0.3 is 5.11 Å². The van der Waals surface area contributed by atoms with E-state index in [1.54, 1.807) is 18.2 Å². The van der Waals surface area contributed by atoms with Crippen LogP contribution in [0.4, 0.5) is 0 Å². The summed E-state index contributed by atoms with van der Waals surface area (Å²) in [4.78, 5) is 22.9. The first-order valence-electron chi connectivity index (χ1n) is 5.79. The van der Waals surface area contributed by atoms with E-state index < -0.39 is 5.97 Å². The molecule has 5 nitrogen and oxygen atoms in total. The molecule has 0 aliphatic heterocycles. The Hall–Kier alpha value is -2.56. The highest BCUT2D eigenvalue weighted by molar-refractivity contribution is 5.87. The quantitative estimate of drug-likeness (QED) is 0.822. The van der Waals surface area contributed by atoms with E-state index in [0.717, 1.165) is 5.69 Å². The highest BCUT2D eigenvalue weighted by atomic mass is 16.4. The average Bonchev–Trinajstić information content (AvgIpc) is 2.67. The number of hydrogen-bond acceptors (Lipinski definition) is 2. The summed E-state index contributed by atoms with van der Waals surface area (Å²) in [6, 6.07) is 6.12. The fourth-order valence-corrected chi connectivity index (χ4v) is 1.90. The highest BCUT2D eigenvalue weighted by Crippen LogP contribution is 2.10. The van der Waals surface area contributed by atoms with Crippen molar-refractivity contribution in [1.82, 2.24) is 9.78 Å². The number of carbonyl (C=O) groups is 1. The summed E-state index contributed by atoms with van der Waals surface area (Å²) in [7, 11) is 0. The molecule has 0 saturated heterocycles. The van der Waals surface area contributed by atoms with Gasteiger partial charge in [-0.05, 0) is 37.6 Å². The first-order valence-corrected chi connectivity index (χ1v) is 5.79. The molecule has 0 amide bonds. The van der Waals surface area contributed by atoms with Crippen LogP contribution >= 0.6 is 0 Å². The summed E-state index contributed by atoms with van der Waals surface area (Å²) in [5.74, 6) is -0.992. The molecule has 2 aromatic rings. The van der Waals surface area contributed by atoms with Gasteiger partial charge in [0.25, 0.3) is 5.56 Å². The molecule has 98 valence electrons. The molecule has 5 heteroatoms. The van der Waals surface area contributed by atoms with E-state index in [4.69, 9.17) is 5.11 Å². The third-order valence-corrected chi connectivity index (χ3v) is 2.91. The molecular weight excluding hydrogens is 244 g/mol. The van der Waals surface area contributed by atoms with Crippen molar-refractivity contribution in [2.75, 3.05) is 0 Å². The Morgan fingerprint density at radius 2 is 2.05 bits per heavy atom. The topological polar surface area (TPSA) is 75.1 Å². The van der Waals surface area contributed by atoms with E-state index in [-0.39, 0.29) is 11.1 Å². The summed E-state index contributed by atoms with van der Waals surface area (Å²) in [6.45, 7) is 5.45. The van der Waals surface area contributed by atoms with Crippen molar-refractivity contribution in [3.8, 4) is 5.69 Å². The highest BCUT2D eigenvalue weighted by Gasteiger charge is 2.11. The Bertz CT molecular complexity index is 678. The van der Waals surface area contributed by atoms with Gasteiger partial charge in [-0.2, -0.15) is 0 Å². The van der Waals surface area contributed by atoms with Crippen LogP contribution in [0.15, 0.2) is 41.7 Å². The normalized spacial score (nSPS) is 10.4. The molecule has 1 heterocycles. The van der Waals surface area contributed by atoms with E-state index in [2.05, 4.69) is 11.7 Å². The number of rotatable bonds is 4.